The first-order valence-electron chi connectivity index (χ1n) is 5.55. The van der Waals surface area contributed by atoms with Crippen LogP contribution in [0, 0.1) is 0 Å². The van der Waals surface area contributed by atoms with Gasteiger partial charge in [0, 0.05) is 24.2 Å². The van der Waals surface area contributed by atoms with E-state index in [4.69, 9.17) is 0 Å². The molecule has 0 atom stereocenters. The predicted molar refractivity (Wildman–Crippen MR) is 64.9 cm³/mol. The number of imidazole rings is 1. The molecule has 3 aromatic rings. The van der Waals surface area contributed by atoms with Gasteiger partial charge in [0.1, 0.15) is 0 Å². The molecular formula is C12H7F3N4O. The Morgan fingerprint density at radius 1 is 1.10 bits per heavy atom. The van der Waals surface area contributed by atoms with Gasteiger partial charge < -0.3 is 4.98 Å². The third kappa shape index (κ3) is 1.94. The fourth-order valence-electron chi connectivity index (χ4n) is 2.02. The summed E-state index contributed by atoms with van der Waals surface area (Å²) in [5.74, 6) is 0. The lowest BCUT2D eigenvalue weighted by Gasteiger charge is -2.13. The molecule has 0 unspecified atom stereocenters. The Balaban J connectivity index is 2.41. The van der Waals surface area contributed by atoms with Crippen LogP contribution in [0.5, 0.6) is 0 Å². The molecule has 3 rings (SSSR count). The van der Waals surface area contributed by atoms with Crippen LogP contribution in [0.2, 0.25) is 0 Å². The fourth-order valence-corrected chi connectivity index (χ4v) is 2.02. The largest absolute Gasteiger partial charge is 0.419 e. The SMILES string of the molecule is O=c1[nH]c2ncc(-c3ccncc3)c(C(F)(F)F)c2[nH]1. The van der Waals surface area contributed by atoms with E-state index in [1.165, 1.54) is 24.5 Å². The number of nitrogens with one attached hydrogen (secondary N) is 2. The smallest absolute Gasteiger partial charge is 0.304 e. The van der Waals surface area contributed by atoms with Crippen LogP contribution in [0.3, 0.4) is 0 Å². The fraction of sp³-hybridized carbons (Fsp3) is 0.0833. The van der Waals surface area contributed by atoms with Gasteiger partial charge in [-0.2, -0.15) is 13.2 Å². The maximum absolute atomic E-state index is 13.3. The first-order chi connectivity index (χ1) is 9.47. The number of H-pyrrole nitrogens is 2. The van der Waals surface area contributed by atoms with E-state index in [2.05, 4.69) is 19.9 Å². The number of pyridine rings is 2. The highest BCUT2D eigenvalue weighted by Gasteiger charge is 2.37. The molecule has 0 saturated carbocycles. The number of alkyl halides is 3. The molecule has 0 radical (unpaired) electrons. The van der Waals surface area contributed by atoms with Crippen molar-refractivity contribution in [1.82, 2.24) is 19.9 Å². The Hall–Kier alpha value is -2.64. The van der Waals surface area contributed by atoms with E-state index in [1.54, 1.807) is 0 Å². The summed E-state index contributed by atoms with van der Waals surface area (Å²) in [5, 5.41) is 0. The third-order valence-electron chi connectivity index (χ3n) is 2.82. The van der Waals surface area contributed by atoms with Crippen molar-refractivity contribution in [1.29, 1.82) is 0 Å². The molecule has 0 spiro atoms. The van der Waals surface area contributed by atoms with Crippen LogP contribution in [0.4, 0.5) is 13.2 Å². The molecule has 0 aliphatic heterocycles. The summed E-state index contributed by atoms with van der Waals surface area (Å²) >= 11 is 0. The van der Waals surface area contributed by atoms with Crippen LogP contribution in [-0.4, -0.2) is 19.9 Å². The summed E-state index contributed by atoms with van der Waals surface area (Å²) in [6.45, 7) is 0. The van der Waals surface area contributed by atoms with Crippen molar-refractivity contribution < 1.29 is 13.2 Å². The normalized spacial score (nSPS) is 11.9. The van der Waals surface area contributed by atoms with E-state index in [1.807, 2.05) is 0 Å². The highest BCUT2D eigenvalue weighted by Crippen LogP contribution is 2.39. The molecular weight excluding hydrogens is 273 g/mol. The minimum Gasteiger partial charge on any atom is -0.304 e. The highest BCUT2D eigenvalue weighted by atomic mass is 19.4. The molecule has 3 heterocycles. The van der Waals surface area contributed by atoms with Gasteiger partial charge in [-0.25, -0.2) is 9.78 Å². The van der Waals surface area contributed by atoms with E-state index in [9.17, 15) is 18.0 Å². The van der Waals surface area contributed by atoms with Crippen LogP contribution in [-0.2, 0) is 6.18 Å². The molecule has 0 saturated heterocycles. The summed E-state index contributed by atoms with van der Waals surface area (Å²) in [6, 6.07) is 2.89. The third-order valence-corrected chi connectivity index (χ3v) is 2.82. The zero-order valence-corrected chi connectivity index (χ0v) is 9.82. The van der Waals surface area contributed by atoms with Gasteiger partial charge in [-0.15, -0.1) is 0 Å². The van der Waals surface area contributed by atoms with Gasteiger partial charge in [0.2, 0.25) is 0 Å². The van der Waals surface area contributed by atoms with Gasteiger partial charge in [0.05, 0.1) is 11.1 Å². The lowest BCUT2D eigenvalue weighted by Crippen LogP contribution is -2.09. The second-order valence-electron chi connectivity index (χ2n) is 4.08. The molecule has 20 heavy (non-hydrogen) atoms. The van der Waals surface area contributed by atoms with Gasteiger partial charge in [-0.1, -0.05) is 0 Å². The average Bonchev–Trinajstić information content (AvgIpc) is 2.77. The lowest BCUT2D eigenvalue weighted by atomic mass is 10.0. The summed E-state index contributed by atoms with van der Waals surface area (Å²) in [7, 11) is 0. The predicted octanol–water partition coefficient (Wildman–Crippen LogP) is 2.33. The lowest BCUT2D eigenvalue weighted by molar-refractivity contribution is -0.135. The summed E-state index contributed by atoms with van der Waals surface area (Å²) in [4.78, 5) is 23.1. The number of hydrogen-bond acceptors (Lipinski definition) is 3. The topological polar surface area (TPSA) is 74.4 Å². The number of rotatable bonds is 1. The second-order valence-corrected chi connectivity index (χ2v) is 4.08. The molecule has 3 aromatic heterocycles. The summed E-state index contributed by atoms with van der Waals surface area (Å²) < 4.78 is 39.9. The zero-order chi connectivity index (χ0) is 14.3. The van der Waals surface area contributed by atoms with Crippen molar-refractivity contribution in [2.45, 2.75) is 6.18 Å². The van der Waals surface area contributed by atoms with Crippen molar-refractivity contribution in [2.24, 2.45) is 0 Å². The van der Waals surface area contributed by atoms with Crippen LogP contribution in [0.25, 0.3) is 22.3 Å². The highest BCUT2D eigenvalue weighted by molar-refractivity contribution is 5.84. The first kappa shape index (κ1) is 12.4. The number of fused-ring (bicyclic) bond motifs is 1. The molecule has 102 valence electrons. The summed E-state index contributed by atoms with van der Waals surface area (Å²) in [5.41, 5.74) is -1.92. The van der Waals surface area contributed by atoms with Crippen LogP contribution < -0.4 is 5.69 Å². The standard InChI is InChI=1S/C12H7F3N4O/c13-12(14,15)8-7(6-1-3-16-4-2-6)5-17-10-9(8)18-11(20)19-10/h1-5H,(H2,17,18,19,20). The quantitative estimate of drug-likeness (QED) is 0.718. The van der Waals surface area contributed by atoms with Gasteiger partial charge in [-0.3, -0.25) is 9.97 Å². The Morgan fingerprint density at radius 2 is 1.80 bits per heavy atom. The Labute approximate surface area is 109 Å². The average molecular weight is 280 g/mol. The van der Waals surface area contributed by atoms with Crippen LogP contribution in [0.15, 0.2) is 35.5 Å². The molecule has 8 heteroatoms. The number of hydrogen-bond donors (Lipinski definition) is 2. The molecule has 0 aromatic carbocycles. The van der Waals surface area contributed by atoms with Crippen molar-refractivity contribution in [2.75, 3.05) is 0 Å². The van der Waals surface area contributed by atoms with Crippen molar-refractivity contribution in [3.8, 4) is 11.1 Å². The molecule has 0 amide bonds. The number of nitrogens with zero attached hydrogens (tertiary/aromatic N) is 2. The molecule has 2 N–H and O–H groups in total. The van der Waals surface area contributed by atoms with Gasteiger partial charge in [0.25, 0.3) is 0 Å². The molecule has 0 aliphatic rings. The molecule has 0 bridgehead atoms. The van der Waals surface area contributed by atoms with Gasteiger partial charge in [0.15, 0.2) is 5.65 Å². The molecule has 5 nitrogen and oxygen atoms in total. The Bertz CT molecular complexity index is 820. The van der Waals surface area contributed by atoms with Crippen molar-refractivity contribution >= 4 is 11.2 Å². The van der Waals surface area contributed by atoms with Crippen molar-refractivity contribution in [3.63, 3.8) is 0 Å². The molecule has 0 fully saturated rings. The van der Waals surface area contributed by atoms with Crippen LogP contribution in [0.1, 0.15) is 5.56 Å². The van der Waals surface area contributed by atoms with E-state index < -0.39 is 17.4 Å². The minimum atomic E-state index is -4.62. The number of aromatic nitrogens is 4. The maximum Gasteiger partial charge on any atom is 0.419 e. The monoisotopic (exact) mass is 280 g/mol. The van der Waals surface area contributed by atoms with E-state index >= 15 is 0 Å². The first-order valence-corrected chi connectivity index (χ1v) is 5.55. The van der Waals surface area contributed by atoms with E-state index in [0.29, 0.717) is 5.56 Å². The second kappa shape index (κ2) is 4.19. The Kier molecular flexibility index (Phi) is 2.60. The number of aromatic amines is 2. The van der Waals surface area contributed by atoms with E-state index in [-0.39, 0.29) is 16.7 Å². The van der Waals surface area contributed by atoms with Gasteiger partial charge in [-0.05, 0) is 17.7 Å². The summed E-state index contributed by atoms with van der Waals surface area (Å²) in [6.07, 6.45) is -0.756. The molecule has 0 aliphatic carbocycles. The van der Waals surface area contributed by atoms with Crippen LogP contribution >= 0.6 is 0 Å². The number of halogens is 3. The maximum atomic E-state index is 13.3. The Morgan fingerprint density at radius 3 is 2.45 bits per heavy atom. The minimum absolute atomic E-state index is 0.109. The van der Waals surface area contributed by atoms with Gasteiger partial charge >= 0.3 is 11.9 Å². The van der Waals surface area contributed by atoms with Crippen molar-refractivity contribution in [3.05, 3.63) is 46.8 Å². The zero-order valence-electron chi connectivity index (χ0n) is 9.82. The van der Waals surface area contributed by atoms with E-state index in [0.717, 1.165) is 6.20 Å².